The normalized spacial score (nSPS) is 14.3. The molecule has 1 amide bonds. The van der Waals surface area contributed by atoms with Crippen LogP contribution < -0.4 is 9.47 Å². The van der Waals surface area contributed by atoms with E-state index in [0.717, 1.165) is 12.8 Å². The zero-order valence-corrected chi connectivity index (χ0v) is 10.4. The molecule has 1 fully saturated rings. The summed E-state index contributed by atoms with van der Waals surface area (Å²) < 4.78 is 10.9. The van der Waals surface area contributed by atoms with Crippen molar-refractivity contribution in [1.29, 1.82) is 0 Å². The largest absolute Gasteiger partial charge is 0.497 e. The lowest BCUT2D eigenvalue weighted by molar-refractivity contribution is 0.0826. The molecular formula is C13H17NO3. The molecule has 1 aliphatic rings. The number of ether oxygens (including phenoxy) is 2. The zero-order valence-electron chi connectivity index (χ0n) is 10.4. The predicted octanol–water partition coefficient (Wildman–Crippen LogP) is 1.94. The molecule has 0 saturated heterocycles. The van der Waals surface area contributed by atoms with E-state index in [1.165, 1.54) is 4.90 Å². The first-order valence-corrected chi connectivity index (χ1v) is 5.67. The molecule has 1 aliphatic carbocycles. The fourth-order valence-corrected chi connectivity index (χ4v) is 1.52. The zero-order chi connectivity index (χ0) is 12.4. The van der Waals surface area contributed by atoms with Gasteiger partial charge >= 0.3 is 0 Å². The molecule has 0 radical (unpaired) electrons. The minimum absolute atomic E-state index is 0.0513. The highest BCUT2D eigenvalue weighted by molar-refractivity contribution is 5.94. The van der Waals surface area contributed by atoms with Crippen molar-refractivity contribution in [2.75, 3.05) is 21.2 Å². The lowest BCUT2D eigenvalue weighted by Crippen LogP contribution is -2.21. The molecule has 1 aromatic carbocycles. The van der Waals surface area contributed by atoms with E-state index >= 15 is 0 Å². The van der Waals surface area contributed by atoms with E-state index in [1.807, 2.05) is 6.07 Å². The van der Waals surface area contributed by atoms with Gasteiger partial charge in [0, 0.05) is 25.7 Å². The molecule has 0 aromatic heterocycles. The summed E-state index contributed by atoms with van der Waals surface area (Å²) in [6, 6.07) is 5.30. The van der Waals surface area contributed by atoms with E-state index in [-0.39, 0.29) is 5.91 Å². The second kappa shape index (κ2) is 4.65. The third kappa shape index (κ3) is 2.90. The number of amides is 1. The van der Waals surface area contributed by atoms with Gasteiger partial charge in [0.2, 0.25) is 0 Å². The number of carbonyl (C=O) groups excluding carboxylic acids is 1. The minimum atomic E-state index is -0.0513. The van der Waals surface area contributed by atoms with E-state index in [0.29, 0.717) is 23.2 Å². The monoisotopic (exact) mass is 235 g/mol. The minimum Gasteiger partial charge on any atom is -0.497 e. The molecule has 1 aromatic rings. The van der Waals surface area contributed by atoms with Crippen molar-refractivity contribution < 1.29 is 14.3 Å². The van der Waals surface area contributed by atoms with Crippen LogP contribution in [0.15, 0.2) is 18.2 Å². The van der Waals surface area contributed by atoms with E-state index in [9.17, 15) is 4.79 Å². The number of hydrogen-bond acceptors (Lipinski definition) is 3. The van der Waals surface area contributed by atoms with Crippen molar-refractivity contribution in [3.63, 3.8) is 0 Å². The quantitative estimate of drug-likeness (QED) is 0.800. The molecule has 0 aliphatic heterocycles. The van der Waals surface area contributed by atoms with Gasteiger partial charge in [0.15, 0.2) is 0 Å². The van der Waals surface area contributed by atoms with Gasteiger partial charge in [-0.05, 0) is 25.0 Å². The molecule has 4 nitrogen and oxygen atoms in total. The lowest BCUT2D eigenvalue weighted by atomic mass is 10.2. The van der Waals surface area contributed by atoms with Gasteiger partial charge < -0.3 is 14.4 Å². The molecular weight excluding hydrogens is 218 g/mol. The number of rotatable bonds is 4. The molecule has 92 valence electrons. The van der Waals surface area contributed by atoms with Crippen LogP contribution in [0.3, 0.4) is 0 Å². The van der Waals surface area contributed by atoms with Gasteiger partial charge in [-0.3, -0.25) is 4.79 Å². The van der Waals surface area contributed by atoms with E-state index in [1.54, 1.807) is 33.3 Å². The highest BCUT2D eigenvalue weighted by atomic mass is 16.5. The van der Waals surface area contributed by atoms with Gasteiger partial charge in [-0.25, -0.2) is 0 Å². The molecule has 0 unspecified atom stereocenters. The maximum absolute atomic E-state index is 11.9. The van der Waals surface area contributed by atoms with Gasteiger partial charge in [-0.1, -0.05) is 0 Å². The first kappa shape index (κ1) is 11.8. The van der Waals surface area contributed by atoms with Gasteiger partial charge in [0.1, 0.15) is 11.5 Å². The van der Waals surface area contributed by atoms with Crippen LogP contribution in [0.1, 0.15) is 23.2 Å². The van der Waals surface area contributed by atoms with Crippen LogP contribution in [-0.2, 0) is 0 Å². The standard InChI is InChI=1S/C13H17NO3/c1-14(2)13(15)9-6-11(16-3)8-12(7-9)17-10-4-5-10/h6-8,10H,4-5H2,1-3H3. The molecule has 0 spiro atoms. The average molecular weight is 235 g/mol. The second-order valence-corrected chi connectivity index (χ2v) is 4.41. The summed E-state index contributed by atoms with van der Waals surface area (Å²) >= 11 is 0. The Hall–Kier alpha value is -1.71. The van der Waals surface area contributed by atoms with Crippen LogP contribution >= 0.6 is 0 Å². The van der Waals surface area contributed by atoms with E-state index < -0.39 is 0 Å². The van der Waals surface area contributed by atoms with Crippen LogP contribution in [0, 0.1) is 0 Å². The lowest BCUT2D eigenvalue weighted by Gasteiger charge is -2.13. The van der Waals surface area contributed by atoms with Gasteiger partial charge in [-0.15, -0.1) is 0 Å². The Kier molecular flexibility index (Phi) is 3.22. The number of methoxy groups -OCH3 is 1. The predicted molar refractivity (Wildman–Crippen MR) is 64.7 cm³/mol. The fraction of sp³-hybridized carbons (Fsp3) is 0.462. The highest BCUT2D eigenvalue weighted by Gasteiger charge is 2.24. The van der Waals surface area contributed by atoms with Gasteiger partial charge in [0.25, 0.3) is 5.91 Å². The number of carbonyl (C=O) groups is 1. The van der Waals surface area contributed by atoms with Crippen molar-refractivity contribution in [2.24, 2.45) is 0 Å². The molecule has 1 saturated carbocycles. The summed E-state index contributed by atoms with van der Waals surface area (Å²) in [5, 5.41) is 0. The van der Waals surface area contributed by atoms with Crippen molar-refractivity contribution >= 4 is 5.91 Å². The fourth-order valence-electron chi connectivity index (χ4n) is 1.52. The Morgan fingerprint density at radius 1 is 1.24 bits per heavy atom. The Bertz CT molecular complexity index is 425. The third-order valence-corrected chi connectivity index (χ3v) is 2.60. The SMILES string of the molecule is COc1cc(OC2CC2)cc(C(=O)N(C)C)c1. The van der Waals surface area contributed by atoms with Crippen molar-refractivity contribution in [3.8, 4) is 11.5 Å². The summed E-state index contributed by atoms with van der Waals surface area (Å²) in [6.45, 7) is 0. The molecule has 0 bridgehead atoms. The van der Waals surface area contributed by atoms with Crippen LogP contribution in [0.2, 0.25) is 0 Å². The molecule has 2 rings (SSSR count). The molecule has 4 heteroatoms. The Morgan fingerprint density at radius 2 is 1.88 bits per heavy atom. The van der Waals surface area contributed by atoms with Crippen molar-refractivity contribution in [3.05, 3.63) is 23.8 Å². The summed E-state index contributed by atoms with van der Waals surface area (Å²) in [5.41, 5.74) is 0.588. The average Bonchev–Trinajstić information content (AvgIpc) is 3.11. The second-order valence-electron chi connectivity index (χ2n) is 4.41. The van der Waals surface area contributed by atoms with Gasteiger partial charge in [-0.2, -0.15) is 0 Å². The highest BCUT2D eigenvalue weighted by Crippen LogP contribution is 2.30. The maximum atomic E-state index is 11.9. The molecule has 0 N–H and O–H groups in total. The van der Waals surface area contributed by atoms with Crippen LogP contribution in [-0.4, -0.2) is 38.1 Å². The molecule has 17 heavy (non-hydrogen) atoms. The summed E-state index contributed by atoms with van der Waals surface area (Å²) in [5.74, 6) is 1.30. The molecule has 0 atom stereocenters. The van der Waals surface area contributed by atoms with E-state index in [4.69, 9.17) is 9.47 Å². The van der Waals surface area contributed by atoms with Crippen molar-refractivity contribution in [2.45, 2.75) is 18.9 Å². The number of hydrogen-bond donors (Lipinski definition) is 0. The van der Waals surface area contributed by atoms with Crippen LogP contribution in [0.4, 0.5) is 0 Å². The van der Waals surface area contributed by atoms with Crippen LogP contribution in [0.5, 0.6) is 11.5 Å². The number of nitrogens with zero attached hydrogens (tertiary/aromatic N) is 1. The maximum Gasteiger partial charge on any atom is 0.253 e. The first-order valence-electron chi connectivity index (χ1n) is 5.67. The summed E-state index contributed by atoms with van der Waals surface area (Å²) in [4.78, 5) is 13.4. The Morgan fingerprint density at radius 3 is 2.41 bits per heavy atom. The number of benzene rings is 1. The van der Waals surface area contributed by atoms with Crippen molar-refractivity contribution in [1.82, 2.24) is 4.90 Å². The smallest absolute Gasteiger partial charge is 0.253 e. The first-order chi connectivity index (χ1) is 8.10. The molecule has 0 heterocycles. The topological polar surface area (TPSA) is 38.8 Å². The summed E-state index contributed by atoms with van der Waals surface area (Å²) in [6.07, 6.45) is 2.49. The van der Waals surface area contributed by atoms with Crippen LogP contribution in [0.25, 0.3) is 0 Å². The summed E-state index contributed by atoms with van der Waals surface area (Å²) in [7, 11) is 5.03. The third-order valence-electron chi connectivity index (χ3n) is 2.60. The Balaban J connectivity index is 2.26. The van der Waals surface area contributed by atoms with Gasteiger partial charge in [0.05, 0.1) is 13.2 Å². The Labute approximate surface area is 101 Å². The van der Waals surface area contributed by atoms with E-state index in [2.05, 4.69) is 0 Å².